The van der Waals surface area contributed by atoms with Crippen LogP contribution in [-0.4, -0.2) is 23.3 Å². The molecule has 1 rings (SSSR count). The van der Waals surface area contributed by atoms with Gasteiger partial charge in [0.15, 0.2) is 0 Å². The standard InChI is InChI=1S/C14H19ClFNO2/c1-13(2,3)11-6-10(15)5-4-9(11)7-14(17,8-16)12(18)19/h4-6H,7-8,17H2,1-3H3,(H,18,19). The average Bonchev–Trinajstić information content (AvgIpc) is 2.29. The lowest BCUT2D eigenvalue weighted by Crippen LogP contribution is -2.52. The molecule has 1 aromatic carbocycles. The third kappa shape index (κ3) is 3.67. The monoisotopic (exact) mass is 287 g/mol. The topological polar surface area (TPSA) is 63.3 Å². The van der Waals surface area contributed by atoms with E-state index < -0.39 is 18.2 Å². The zero-order chi connectivity index (χ0) is 14.8. The van der Waals surface area contributed by atoms with E-state index in [-0.39, 0.29) is 11.8 Å². The fourth-order valence-corrected chi connectivity index (χ4v) is 2.09. The molecule has 3 nitrogen and oxygen atoms in total. The first-order valence-electron chi connectivity index (χ1n) is 5.97. The Hall–Kier alpha value is -1.13. The van der Waals surface area contributed by atoms with E-state index in [9.17, 15) is 9.18 Å². The van der Waals surface area contributed by atoms with Crippen molar-refractivity contribution in [3.8, 4) is 0 Å². The molecule has 0 fully saturated rings. The highest BCUT2D eigenvalue weighted by molar-refractivity contribution is 6.30. The molecule has 1 aromatic rings. The molecule has 0 saturated carbocycles. The molecule has 0 aliphatic heterocycles. The number of nitrogens with two attached hydrogens (primary N) is 1. The van der Waals surface area contributed by atoms with Crippen LogP contribution in [-0.2, 0) is 16.6 Å². The third-order valence-corrected chi connectivity index (χ3v) is 3.29. The molecule has 1 atom stereocenters. The number of hydrogen-bond donors (Lipinski definition) is 2. The summed E-state index contributed by atoms with van der Waals surface area (Å²) in [7, 11) is 0. The van der Waals surface area contributed by atoms with Crippen LogP contribution in [0.25, 0.3) is 0 Å². The molecule has 106 valence electrons. The van der Waals surface area contributed by atoms with Gasteiger partial charge in [0.2, 0.25) is 0 Å². The zero-order valence-electron chi connectivity index (χ0n) is 11.3. The number of aliphatic carboxylic acids is 1. The molecular formula is C14H19ClFNO2. The fourth-order valence-electron chi connectivity index (χ4n) is 1.92. The van der Waals surface area contributed by atoms with Gasteiger partial charge in [-0.25, -0.2) is 4.39 Å². The summed E-state index contributed by atoms with van der Waals surface area (Å²) in [4.78, 5) is 11.1. The largest absolute Gasteiger partial charge is 0.480 e. The summed E-state index contributed by atoms with van der Waals surface area (Å²) in [5.41, 5.74) is 5.08. The van der Waals surface area contributed by atoms with Crippen LogP contribution in [0.15, 0.2) is 18.2 Å². The number of halogens is 2. The molecule has 0 spiro atoms. The van der Waals surface area contributed by atoms with Crippen molar-refractivity contribution in [1.82, 2.24) is 0 Å². The van der Waals surface area contributed by atoms with Gasteiger partial charge < -0.3 is 10.8 Å². The van der Waals surface area contributed by atoms with E-state index in [1.807, 2.05) is 20.8 Å². The minimum absolute atomic E-state index is 0.0669. The van der Waals surface area contributed by atoms with Gasteiger partial charge in [-0.3, -0.25) is 4.79 Å². The quantitative estimate of drug-likeness (QED) is 0.895. The van der Waals surface area contributed by atoms with Crippen molar-refractivity contribution in [2.45, 2.75) is 38.1 Å². The Morgan fingerprint density at radius 2 is 2.00 bits per heavy atom. The summed E-state index contributed by atoms with van der Waals surface area (Å²) in [6.07, 6.45) is -0.0669. The molecule has 19 heavy (non-hydrogen) atoms. The summed E-state index contributed by atoms with van der Waals surface area (Å²) in [6.45, 7) is 4.83. The van der Waals surface area contributed by atoms with Gasteiger partial charge in [-0.05, 0) is 28.7 Å². The van der Waals surface area contributed by atoms with Crippen molar-refractivity contribution in [3.05, 3.63) is 34.3 Å². The van der Waals surface area contributed by atoms with Gasteiger partial charge in [-0.2, -0.15) is 0 Å². The molecule has 0 bridgehead atoms. The van der Waals surface area contributed by atoms with Crippen LogP contribution in [0.5, 0.6) is 0 Å². The van der Waals surface area contributed by atoms with Crippen LogP contribution in [0.4, 0.5) is 4.39 Å². The Bertz CT molecular complexity index is 485. The number of carboxylic acid groups (broad SMARTS) is 1. The summed E-state index contributed by atoms with van der Waals surface area (Å²) in [5.74, 6) is -1.34. The fraction of sp³-hybridized carbons (Fsp3) is 0.500. The molecule has 1 unspecified atom stereocenters. The predicted molar refractivity (Wildman–Crippen MR) is 74.4 cm³/mol. The van der Waals surface area contributed by atoms with Crippen LogP contribution < -0.4 is 5.73 Å². The van der Waals surface area contributed by atoms with Crippen molar-refractivity contribution in [3.63, 3.8) is 0 Å². The maximum atomic E-state index is 13.0. The SMILES string of the molecule is CC(C)(C)c1cc(Cl)ccc1CC(N)(CF)C(=O)O. The predicted octanol–water partition coefficient (Wildman–Crippen LogP) is 2.93. The molecule has 0 heterocycles. The molecule has 0 aliphatic carbocycles. The first-order valence-corrected chi connectivity index (χ1v) is 6.35. The highest BCUT2D eigenvalue weighted by Gasteiger charge is 2.36. The molecule has 5 heteroatoms. The number of hydrogen-bond acceptors (Lipinski definition) is 2. The van der Waals surface area contributed by atoms with Crippen LogP contribution in [0.2, 0.25) is 5.02 Å². The third-order valence-electron chi connectivity index (χ3n) is 3.05. The highest BCUT2D eigenvalue weighted by atomic mass is 35.5. The smallest absolute Gasteiger partial charge is 0.326 e. The van der Waals surface area contributed by atoms with Gasteiger partial charge in [-0.15, -0.1) is 0 Å². The van der Waals surface area contributed by atoms with Gasteiger partial charge in [-0.1, -0.05) is 38.4 Å². The lowest BCUT2D eigenvalue weighted by atomic mass is 9.80. The van der Waals surface area contributed by atoms with E-state index >= 15 is 0 Å². The van der Waals surface area contributed by atoms with E-state index in [1.54, 1.807) is 18.2 Å². The van der Waals surface area contributed by atoms with Gasteiger partial charge in [0, 0.05) is 11.4 Å². The Morgan fingerprint density at radius 1 is 1.42 bits per heavy atom. The number of benzene rings is 1. The van der Waals surface area contributed by atoms with E-state index in [0.29, 0.717) is 10.6 Å². The lowest BCUT2D eigenvalue weighted by molar-refractivity contribution is -0.143. The van der Waals surface area contributed by atoms with E-state index in [2.05, 4.69) is 0 Å². The summed E-state index contributed by atoms with van der Waals surface area (Å²) >= 11 is 5.97. The molecule has 3 N–H and O–H groups in total. The van der Waals surface area contributed by atoms with Crippen molar-refractivity contribution >= 4 is 17.6 Å². The first-order chi connectivity index (χ1) is 8.60. The number of alkyl halides is 1. The minimum Gasteiger partial charge on any atom is -0.480 e. The number of rotatable bonds is 4. The van der Waals surface area contributed by atoms with Crippen LogP contribution >= 0.6 is 11.6 Å². The molecule has 0 aromatic heterocycles. The Morgan fingerprint density at radius 3 is 2.42 bits per heavy atom. The van der Waals surface area contributed by atoms with Crippen LogP contribution in [0, 0.1) is 0 Å². The van der Waals surface area contributed by atoms with E-state index in [0.717, 1.165) is 5.56 Å². The van der Waals surface area contributed by atoms with Gasteiger partial charge in [0.1, 0.15) is 12.2 Å². The first kappa shape index (κ1) is 15.9. The second-order valence-electron chi connectivity index (χ2n) is 5.82. The van der Waals surface area contributed by atoms with Gasteiger partial charge in [0.25, 0.3) is 0 Å². The molecule has 0 radical (unpaired) electrons. The maximum Gasteiger partial charge on any atom is 0.326 e. The maximum absolute atomic E-state index is 13.0. The van der Waals surface area contributed by atoms with Crippen LogP contribution in [0.1, 0.15) is 31.9 Å². The second-order valence-corrected chi connectivity index (χ2v) is 6.26. The Kier molecular flexibility index (Phi) is 4.59. The Labute approximate surface area is 117 Å². The van der Waals surface area contributed by atoms with Gasteiger partial charge >= 0.3 is 5.97 Å². The molecule has 0 aliphatic rings. The minimum atomic E-state index is -1.90. The molecule has 0 saturated heterocycles. The molecule has 0 amide bonds. The summed E-state index contributed by atoms with van der Waals surface area (Å²) in [5, 5.41) is 9.61. The van der Waals surface area contributed by atoms with Crippen molar-refractivity contribution in [2.24, 2.45) is 5.73 Å². The number of carbonyl (C=O) groups is 1. The van der Waals surface area contributed by atoms with E-state index in [4.69, 9.17) is 22.4 Å². The number of carboxylic acids is 1. The summed E-state index contributed by atoms with van der Waals surface area (Å²) in [6, 6.07) is 5.15. The van der Waals surface area contributed by atoms with Gasteiger partial charge in [0.05, 0.1) is 0 Å². The summed E-state index contributed by atoms with van der Waals surface area (Å²) < 4.78 is 13.0. The van der Waals surface area contributed by atoms with Crippen molar-refractivity contribution < 1.29 is 14.3 Å². The Balaban J connectivity index is 3.25. The molecular weight excluding hydrogens is 269 g/mol. The zero-order valence-corrected chi connectivity index (χ0v) is 12.1. The van der Waals surface area contributed by atoms with E-state index in [1.165, 1.54) is 0 Å². The van der Waals surface area contributed by atoms with Crippen LogP contribution in [0.3, 0.4) is 0 Å². The highest BCUT2D eigenvalue weighted by Crippen LogP contribution is 2.30. The van der Waals surface area contributed by atoms with Crippen molar-refractivity contribution in [2.75, 3.05) is 6.67 Å². The average molecular weight is 288 g/mol. The van der Waals surface area contributed by atoms with Crippen molar-refractivity contribution in [1.29, 1.82) is 0 Å². The lowest BCUT2D eigenvalue weighted by Gasteiger charge is -2.27. The normalized spacial score (nSPS) is 15.1. The second kappa shape index (κ2) is 5.47.